The molecule has 0 saturated carbocycles. The molecule has 0 fully saturated rings. The molecule has 190 valence electrons. The van der Waals surface area contributed by atoms with Crippen LogP contribution in [0.4, 0.5) is 5.82 Å². The maximum atomic E-state index is 13.5. The lowest BCUT2D eigenvalue weighted by Crippen LogP contribution is -2.16. The van der Waals surface area contributed by atoms with Gasteiger partial charge in [0.25, 0.3) is 0 Å². The molecule has 1 N–H and O–H groups in total. The van der Waals surface area contributed by atoms with Crippen LogP contribution in [0, 0.1) is 0 Å². The number of unbranched alkanes of at least 4 members (excludes halogenated alkanes) is 2. The van der Waals surface area contributed by atoms with Crippen molar-refractivity contribution >= 4 is 46.0 Å². The number of nitrogens with one attached hydrogen (secondary N) is 1. The molecule has 0 atom stereocenters. The summed E-state index contributed by atoms with van der Waals surface area (Å²) in [4.78, 5) is 36.3. The number of hydrogen-bond donors (Lipinski definition) is 1. The molecule has 0 unspecified atom stereocenters. The van der Waals surface area contributed by atoms with Crippen molar-refractivity contribution in [2.75, 3.05) is 11.9 Å². The summed E-state index contributed by atoms with van der Waals surface area (Å²) in [5.41, 5.74) is 3.95. The number of esters is 1. The Hall–Kier alpha value is -4.78. The Morgan fingerprint density at radius 1 is 0.868 bits per heavy atom. The molecular formula is C31H28N4O3. The van der Waals surface area contributed by atoms with E-state index in [1.165, 1.54) is 6.08 Å². The molecule has 2 heterocycles. The van der Waals surface area contributed by atoms with Gasteiger partial charge in [0, 0.05) is 11.8 Å². The van der Waals surface area contributed by atoms with E-state index >= 15 is 0 Å². The minimum Gasteiger partial charge on any atom is -0.462 e. The molecule has 7 heteroatoms. The lowest BCUT2D eigenvalue weighted by atomic mass is 10.2. The van der Waals surface area contributed by atoms with Crippen molar-refractivity contribution in [2.24, 2.45) is 0 Å². The lowest BCUT2D eigenvalue weighted by molar-refractivity contribution is -0.111. The standard InChI is InChI=1S/C31H28N4O3/c1-2-3-12-21-38-31(37)27-28-30(33-25-18-11-10-17-24(25)32-28)35(23-15-8-5-9-16-23)29(27)34-26(36)20-19-22-13-6-4-7-14-22/h4-11,13-20H,2-3,12,21H2,1H3,(H,34,36)/b20-19+. The van der Waals surface area contributed by atoms with Gasteiger partial charge in [0.2, 0.25) is 5.91 Å². The molecule has 1 amide bonds. The van der Waals surface area contributed by atoms with E-state index in [2.05, 4.69) is 12.2 Å². The number of benzene rings is 3. The zero-order valence-electron chi connectivity index (χ0n) is 21.1. The number of carbonyl (C=O) groups is 2. The minimum absolute atomic E-state index is 0.181. The number of hydrogen-bond acceptors (Lipinski definition) is 5. The first kappa shape index (κ1) is 24.9. The van der Waals surface area contributed by atoms with Gasteiger partial charge in [0.05, 0.1) is 17.6 Å². The maximum absolute atomic E-state index is 13.5. The molecule has 0 bridgehead atoms. The highest BCUT2D eigenvalue weighted by Crippen LogP contribution is 2.33. The van der Waals surface area contributed by atoms with Gasteiger partial charge < -0.3 is 10.1 Å². The van der Waals surface area contributed by atoms with Gasteiger partial charge in [-0.2, -0.15) is 0 Å². The van der Waals surface area contributed by atoms with Crippen molar-refractivity contribution in [2.45, 2.75) is 26.2 Å². The van der Waals surface area contributed by atoms with Crippen LogP contribution in [0.1, 0.15) is 42.1 Å². The lowest BCUT2D eigenvalue weighted by Gasteiger charge is -2.12. The first-order chi connectivity index (χ1) is 18.7. The summed E-state index contributed by atoms with van der Waals surface area (Å²) >= 11 is 0. The Bertz CT molecular complexity index is 1610. The Labute approximate surface area is 220 Å². The Morgan fingerprint density at radius 2 is 1.53 bits per heavy atom. The van der Waals surface area contributed by atoms with Crippen molar-refractivity contribution in [3.05, 3.63) is 102 Å². The van der Waals surface area contributed by atoms with Crippen LogP contribution < -0.4 is 5.32 Å². The summed E-state index contributed by atoms with van der Waals surface area (Å²) < 4.78 is 7.42. The van der Waals surface area contributed by atoms with Gasteiger partial charge in [-0.1, -0.05) is 80.4 Å². The van der Waals surface area contributed by atoms with Gasteiger partial charge >= 0.3 is 5.97 Å². The van der Waals surface area contributed by atoms with Gasteiger partial charge in [0.1, 0.15) is 16.9 Å². The van der Waals surface area contributed by atoms with E-state index in [0.29, 0.717) is 22.2 Å². The highest BCUT2D eigenvalue weighted by atomic mass is 16.5. The quantitative estimate of drug-likeness (QED) is 0.139. The fraction of sp³-hybridized carbons (Fsp3) is 0.161. The number of rotatable bonds is 9. The van der Waals surface area contributed by atoms with Crippen LogP contribution in [0.2, 0.25) is 0 Å². The predicted octanol–water partition coefficient (Wildman–Crippen LogP) is 6.57. The number of fused-ring (bicyclic) bond motifs is 2. The van der Waals surface area contributed by atoms with Gasteiger partial charge in [-0.25, -0.2) is 14.8 Å². The molecule has 0 radical (unpaired) electrons. The molecule has 0 aliphatic carbocycles. The number of nitrogens with zero attached hydrogens (tertiary/aromatic N) is 3. The van der Waals surface area contributed by atoms with Crippen molar-refractivity contribution in [3.8, 4) is 5.69 Å². The first-order valence-corrected chi connectivity index (χ1v) is 12.7. The van der Waals surface area contributed by atoms with Crippen LogP contribution in [0.5, 0.6) is 0 Å². The zero-order valence-corrected chi connectivity index (χ0v) is 21.1. The summed E-state index contributed by atoms with van der Waals surface area (Å²) in [5, 5.41) is 2.93. The average Bonchev–Trinajstić information content (AvgIpc) is 3.26. The highest BCUT2D eigenvalue weighted by molar-refractivity contribution is 6.13. The van der Waals surface area contributed by atoms with Crippen molar-refractivity contribution < 1.29 is 14.3 Å². The molecule has 2 aromatic heterocycles. The number of amides is 1. The van der Waals surface area contributed by atoms with E-state index in [-0.39, 0.29) is 18.0 Å². The summed E-state index contributed by atoms with van der Waals surface area (Å²) in [6.07, 6.45) is 5.89. The molecular weight excluding hydrogens is 476 g/mol. The number of anilines is 1. The molecule has 0 spiro atoms. The fourth-order valence-corrected chi connectivity index (χ4v) is 4.27. The summed E-state index contributed by atoms with van der Waals surface area (Å²) in [7, 11) is 0. The van der Waals surface area contributed by atoms with Crippen molar-refractivity contribution in [3.63, 3.8) is 0 Å². The van der Waals surface area contributed by atoms with Gasteiger partial charge in [0.15, 0.2) is 5.65 Å². The molecule has 5 aromatic rings. The largest absolute Gasteiger partial charge is 0.462 e. The third kappa shape index (κ3) is 5.32. The predicted molar refractivity (Wildman–Crippen MR) is 150 cm³/mol. The second-order valence-corrected chi connectivity index (χ2v) is 8.86. The van der Waals surface area contributed by atoms with E-state index in [4.69, 9.17) is 14.7 Å². The maximum Gasteiger partial charge on any atom is 0.344 e. The number of para-hydroxylation sites is 3. The third-order valence-electron chi connectivity index (χ3n) is 6.13. The second-order valence-electron chi connectivity index (χ2n) is 8.86. The zero-order chi connectivity index (χ0) is 26.3. The SMILES string of the molecule is CCCCCOC(=O)c1c(NC(=O)/C=C/c2ccccc2)n(-c2ccccc2)c2nc3ccccc3nc12. The number of aromatic nitrogens is 3. The Balaban J connectivity index is 1.66. The normalized spacial score (nSPS) is 11.3. The fourth-order valence-electron chi connectivity index (χ4n) is 4.27. The number of ether oxygens (including phenoxy) is 1. The topological polar surface area (TPSA) is 86.1 Å². The molecule has 3 aromatic carbocycles. The van der Waals surface area contributed by atoms with Crippen LogP contribution in [0.25, 0.3) is 34.0 Å². The van der Waals surface area contributed by atoms with Crippen LogP contribution in [-0.2, 0) is 9.53 Å². The molecule has 5 rings (SSSR count). The molecule has 0 saturated heterocycles. The van der Waals surface area contributed by atoms with Crippen LogP contribution in [0.15, 0.2) is 91.0 Å². The molecule has 0 aliphatic rings. The second kappa shape index (κ2) is 11.5. The molecule has 0 aliphatic heterocycles. The van der Waals surface area contributed by atoms with Gasteiger partial charge in [-0.15, -0.1) is 0 Å². The van der Waals surface area contributed by atoms with E-state index in [0.717, 1.165) is 30.5 Å². The number of carbonyl (C=O) groups excluding carboxylic acids is 2. The minimum atomic E-state index is -0.548. The van der Waals surface area contributed by atoms with E-state index < -0.39 is 11.9 Å². The van der Waals surface area contributed by atoms with Crippen LogP contribution >= 0.6 is 0 Å². The Kier molecular flexibility index (Phi) is 7.54. The van der Waals surface area contributed by atoms with E-state index in [9.17, 15) is 9.59 Å². The van der Waals surface area contributed by atoms with Gasteiger partial charge in [-0.05, 0) is 42.3 Å². The smallest absolute Gasteiger partial charge is 0.344 e. The van der Waals surface area contributed by atoms with Crippen LogP contribution in [-0.4, -0.2) is 33.0 Å². The van der Waals surface area contributed by atoms with Crippen molar-refractivity contribution in [1.82, 2.24) is 14.5 Å². The van der Waals surface area contributed by atoms with Crippen molar-refractivity contribution in [1.29, 1.82) is 0 Å². The molecule has 7 nitrogen and oxygen atoms in total. The monoisotopic (exact) mass is 504 g/mol. The summed E-state index contributed by atoms with van der Waals surface area (Å²) in [6.45, 7) is 2.37. The van der Waals surface area contributed by atoms with E-state index in [1.54, 1.807) is 10.6 Å². The molecule has 38 heavy (non-hydrogen) atoms. The van der Waals surface area contributed by atoms with Crippen LogP contribution in [0.3, 0.4) is 0 Å². The van der Waals surface area contributed by atoms with Gasteiger partial charge in [-0.3, -0.25) is 9.36 Å². The third-order valence-corrected chi connectivity index (χ3v) is 6.13. The summed E-state index contributed by atoms with van der Waals surface area (Å²) in [5.74, 6) is -0.671. The van der Waals surface area contributed by atoms with E-state index in [1.807, 2.05) is 84.9 Å². The summed E-state index contributed by atoms with van der Waals surface area (Å²) in [6, 6.07) is 26.5. The first-order valence-electron chi connectivity index (χ1n) is 12.7. The highest BCUT2D eigenvalue weighted by Gasteiger charge is 2.28. The Morgan fingerprint density at radius 3 is 2.24 bits per heavy atom. The average molecular weight is 505 g/mol.